The Kier molecular flexibility index (Phi) is 2.44. The molecule has 12 heavy (non-hydrogen) atoms. The molecule has 0 aliphatic carbocycles. The second kappa shape index (κ2) is 3.36. The van der Waals surface area contributed by atoms with Crippen LogP contribution in [0.3, 0.4) is 0 Å². The number of aromatic amines is 1. The molecule has 1 aromatic rings. The highest BCUT2D eigenvalue weighted by molar-refractivity contribution is 5.90. The van der Waals surface area contributed by atoms with Crippen LogP contribution in [-0.4, -0.2) is 21.3 Å². The number of aromatic nitrogens is 2. The van der Waals surface area contributed by atoms with Crippen molar-refractivity contribution in [3.8, 4) is 0 Å². The number of nitrogens with zero attached hydrogens (tertiary/aromatic N) is 1. The van der Waals surface area contributed by atoms with Gasteiger partial charge in [0.25, 0.3) is 0 Å². The molecule has 1 aromatic heterocycles. The maximum absolute atomic E-state index is 10.7. The number of carboxylic acids is 1. The largest absolute Gasteiger partial charge is 0.478 e. The Bertz CT molecular complexity index is 271. The Morgan fingerprint density at radius 3 is 2.83 bits per heavy atom. The van der Waals surface area contributed by atoms with E-state index in [-0.39, 0.29) is 12.1 Å². The third kappa shape index (κ3) is 1.31. The van der Waals surface area contributed by atoms with Crippen LogP contribution in [0.1, 0.15) is 28.7 Å². The molecule has 1 rings (SSSR count). The number of hydrogen-bond donors (Lipinski definition) is 3. The van der Waals surface area contributed by atoms with Gasteiger partial charge in [0.1, 0.15) is 5.56 Å². The maximum Gasteiger partial charge on any atom is 0.339 e. The fourth-order valence-corrected chi connectivity index (χ4v) is 1.08. The first-order valence-corrected chi connectivity index (χ1v) is 3.70. The van der Waals surface area contributed by atoms with Gasteiger partial charge in [0.15, 0.2) is 0 Å². The van der Waals surface area contributed by atoms with Gasteiger partial charge in [-0.25, -0.2) is 4.79 Å². The zero-order valence-electron chi connectivity index (χ0n) is 6.79. The third-order valence-electron chi connectivity index (χ3n) is 1.67. The number of aryl methyl sites for hydroxylation is 1. The number of H-pyrrole nitrogens is 1. The average Bonchev–Trinajstić information content (AvgIpc) is 2.46. The number of carboxylic acid groups (broad SMARTS) is 1. The molecule has 0 unspecified atom stereocenters. The maximum atomic E-state index is 10.7. The molecule has 0 aliphatic heterocycles. The van der Waals surface area contributed by atoms with E-state index in [4.69, 9.17) is 10.8 Å². The van der Waals surface area contributed by atoms with Gasteiger partial charge >= 0.3 is 5.97 Å². The zero-order chi connectivity index (χ0) is 9.14. The third-order valence-corrected chi connectivity index (χ3v) is 1.67. The van der Waals surface area contributed by atoms with Gasteiger partial charge in [-0.15, -0.1) is 0 Å². The predicted molar refractivity (Wildman–Crippen MR) is 42.8 cm³/mol. The highest BCUT2D eigenvalue weighted by Crippen LogP contribution is 2.10. The van der Waals surface area contributed by atoms with E-state index in [0.717, 1.165) is 0 Å². The number of aromatic carboxylic acids is 1. The number of hydrogen-bond acceptors (Lipinski definition) is 3. The van der Waals surface area contributed by atoms with E-state index in [1.807, 2.05) is 6.92 Å². The predicted octanol–water partition coefficient (Wildman–Crippen LogP) is 0.129. The SMILES string of the molecule is CCc1n[nH]c(CN)c1C(=O)O. The van der Waals surface area contributed by atoms with Crippen molar-refractivity contribution >= 4 is 5.97 Å². The Morgan fingerprint density at radius 2 is 2.42 bits per heavy atom. The van der Waals surface area contributed by atoms with Gasteiger partial charge in [0, 0.05) is 6.54 Å². The summed E-state index contributed by atoms with van der Waals surface area (Å²) in [5.41, 5.74) is 6.59. The summed E-state index contributed by atoms with van der Waals surface area (Å²) >= 11 is 0. The molecule has 0 aliphatic rings. The molecule has 5 heteroatoms. The lowest BCUT2D eigenvalue weighted by Gasteiger charge is -1.95. The number of rotatable bonds is 3. The molecule has 66 valence electrons. The standard InChI is InChI=1S/C7H11N3O2/c1-2-4-6(7(11)12)5(3-8)10-9-4/h2-3,8H2,1H3,(H,9,10)(H,11,12). The van der Waals surface area contributed by atoms with Crippen molar-refractivity contribution in [1.82, 2.24) is 10.2 Å². The summed E-state index contributed by atoms with van der Waals surface area (Å²) in [7, 11) is 0. The number of carbonyl (C=O) groups is 1. The van der Waals surface area contributed by atoms with Gasteiger partial charge in [-0.2, -0.15) is 5.10 Å². The minimum atomic E-state index is -0.971. The van der Waals surface area contributed by atoms with Crippen molar-refractivity contribution in [2.45, 2.75) is 19.9 Å². The van der Waals surface area contributed by atoms with Crippen molar-refractivity contribution < 1.29 is 9.90 Å². The van der Waals surface area contributed by atoms with Gasteiger partial charge in [0.2, 0.25) is 0 Å². The fourth-order valence-electron chi connectivity index (χ4n) is 1.08. The molecule has 0 spiro atoms. The molecule has 0 fully saturated rings. The topological polar surface area (TPSA) is 92.0 Å². The summed E-state index contributed by atoms with van der Waals surface area (Å²) in [5, 5.41) is 15.2. The highest BCUT2D eigenvalue weighted by atomic mass is 16.4. The quantitative estimate of drug-likeness (QED) is 0.599. The van der Waals surface area contributed by atoms with Crippen LogP contribution < -0.4 is 5.73 Å². The van der Waals surface area contributed by atoms with E-state index in [2.05, 4.69) is 10.2 Å². The molecule has 1 heterocycles. The molecule has 0 amide bonds. The van der Waals surface area contributed by atoms with Crippen molar-refractivity contribution in [3.63, 3.8) is 0 Å². The lowest BCUT2D eigenvalue weighted by atomic mass is 10.1. The van der Waals surface area contributed by atoms with E-state index >= 15 is 0 Å². The molecule has 4 N–H and O–H groups in total. The van der Waals surface area contributed by atoms with Gasteiger partial charge in [0.05, 0.1) is 11.4 Å². The van der Waals surface area contributed by atoms with Crippen molar-refractivity contribution in [2.24, 2.45) is 5.73 Å². The van der Waals surface area contributed by atoms with E-state index in [0.29, 0.717) is 17.8 Å². The van der Waals surface area contributed by atoms with Crippen LogP contribution in [0.2, 0.25) is 0 Å². The second-order valence-corrected chi connectivity index (χ2v) is 2.39. The van der Waals surface area contributed by atoms with Crippen LogP contribution in [0.4, 0.5) is 0 Å². The molecular weight excluding hydrogens is 158 g/mol. The van der Waals surface area contributed by atoms with Crippen LogP contribution in [0.15, 0.2) is 0 Å². The Labute approximate surface area is 69.6 Å². The van der Waals surface area contributed by atoms with Gasteiger partial charge < -0.3 is 10.8 Å². The van der Waals surface area contributed by atoms with Crippen LogP contribution in [0.5, 0.6) is 0 Å². The summed E-state index contributed by atoms with van der Waals surface area (Å²) in [6.45, 7) is 2.03. The van der Waals surface area contributed by atoms with Crippen LogP contribution in [0.25, 0.3) is 0 Å². The number of nitrogens with two attached hydrogens (primary N) is 1. The lowest BCUT2D eigenvalue weighted by molar-refractivity contribution is 0.0694. The Morgan fingerprint density at radius 1 is 1.75 bits per heavy atom. The molecule has 0 atom stereocenters. The smallest absolute Gasteiger partial charge is 0.339 e. The Balaban J connectivity index is 3.16. The lowest BCUT2D eigenvalue weighted by Crippen LogP contribution is -2.06. The summed E-state index contributed by atoms with van der Waals surface area (Å²) in [6.07, 6.45) is 0.595. The molecule has 0 saturated heterocycles. The minimum Gasteiger partial charge on any atom is -0.478 e. The normalized spacial score (nSPS) is 10.2. The van der Waals surface area contributed by atoms with Crippen molar-refractivity contribution in [1.29, 1.82) is 0 Å². The minimum absolute atomic E-state index is 0.175. The van der Waals surface area contributed by atoms with Crippen LogP contribution in [0, 0.1) is 0 Å². The number of nitrogens with one attached hydrogen (secondary N) is 1. The van der Waals surface area contributed by atoms with E-state index in [9.17, 15) is 4.79 Å². The second-order valence-electron chi connectivity index (χ2n) is 2.39. The fraction of sp³-hybridized carbons (Fsp3) is 0.429. The van der Waals surface area contributed by atoms with Gasteiger partial charge in [-0.3, -0.25) is 5.10 Å². The summed E-state index contributed by atoms with van der Waals surface area (Å²) < 4.78 is 0. The van der Waals surface area contributed by atoms with Crippen molar-refractivity contribution in [2.75, 3.05) is 0 Å². The zero-order valence-corrected chi connectivity index (χ0v) is 6.79. The Hall–Kier alpha value is -1.36. The highest BCUT2D eigenvalue weighted by Gasteiger charge is 2.16. The molecule has 0 aromatic carbocycles. The first-order valence-electron chi connectivity index (χ1n) is 3.70. The van der Waals surface area contributed by atoms with Crippen LogP contribution in [-0.2, 0) is 13.0 Å². The van der Waals surface area contributed by atoms with E-state index in [1.54, 1.807) is 0 Å². The summed E-state index contributed by atoms with van der Waals surface area (Å²) in [5.74, 6) is -0.971. The molecule has 0 saturated carbocycles. The summed E-state index contributed by atoms with van der Waals surface area (Å²) in [6, 6.07) is 0. The van der Waals surface area contributed by atoms with Gasteiger partial charge in [-0.1, -0.05) is 6.92 Å². The van der Waals surface area contributed by atoms with Crippen molar-refractivity contribution in [3.05, 3.63) is 17.0 Å². The van der Waals surface area contributed by atoms with E-state index < -0.39 is 5.97 Å². The monoisotopic (exact) mass is 169 g/mol. The van der Waals surface area contributed by atoms with Crippen LogP contribution >= 0.6 is 0 Å². The molecule has 5 nitrogen and oxygen atoms in total. The first kappa shape index (κ1) is 8.73. The van der Waals surface area contributed by atoms with E-state index in [1.165, 1.54) is 0 Å². The average molecular weight is 169 g/mol. The molecule has 0 bridgehead atoms. The molecular formula is C7H11N3O2. The molecule has 0 radical (unpaired) electrons. The summed E-state index contributed by atoms with van der Waals surface area (Å²) in [4.78, 5) is 10.7. The van der Waals surface area contributed by atoms with Gasteiger partial charge in [-0.05, 0) is 6.42 Å². The first-order chi connectivity index (χ1) is 5.70.